The topological polar surface area (TPSA) is 130 Å². The number of nitrogens with zero attached hydrogens (tertiary/aromatic N) is 1. The minimum absolute atomic E-state index is 0.150. The average molecular weight is 378 g/mol. The number of aromatic nitrogens is 1. The molecule has 0 aliphatic heterocycles. The molecule has 2 rings (SSSR count). The molecule has 140 valence electrons. The highest BCUT2D eigenvalue weighted by Crippen LogP contribution is 2.26. The van der Waals surface area contributed by atoms with Crippen molar-refractivity contribution >= 4 is 24.3 Å². The molecule has 0 aliphatic rings. The first kappa shape index (κ1) is 20.0. The van der Waals surface area contributed by atoms with Crippen LogP contribution in [0.2, 0.25) is 0 Å². The van der Waals surface area contributed by atoms with Crippen molar-refractivity contribution in [3.05, 3.63) is 42.5 Å². The van der Waals surface area contributed by atoms with Gasteiger partial charge in [-0.1, -0.05) is 30.3 Å². The third kappa shape index (κ3) is 5.60. The molecule has 26 heavy (non-hydrogen) atoms. The Bertz CT molecular complexity index is 717. The Balaban J connectivity index is 2.24. The van der Waals surface area contributed by atoms with Gasteiger partial charge < -0.3 is 26.1 Å². The first-order valence-corrected chi connectivity index (χ1v) is 8.61. The number of hydroxylamine groups is 1. The molecule has 1 aromatic heterocycles. The summed E-state index contributed by atoms with van der Waals surface area (Å²) >= 11 is 4.14. The van der Waals surface area contributed by atoms with Crippen LogP contribution in [-0.4, -0.2) is 52.2 Å². The van der Waals surface area contributed by atoms with Crippen LogP contribution in [0.25, 0.3) is 11.3 Å². The average Bonchev–Trinajstić information content (AvgIpc) is 2.67. The number of aliphatic hydroxyl groups excluding tert-OH is 1. The molecular formula is C17H22N4O4S. The molecule has 9 heteroatoms. The van der Waals surface area contributed by atoms with Crippen LogP contribution in [0.4, 0.5) is 5.69 Å². The van der Waals surface area contributed by atoms with Gasteiger partial charge in [0, 0.05) is 23.9 Å². The van der Waals surface area contributed by atoms with Crippen LogP contribution in [-0.2, 0) is 4.79 Å². The highest BCUT2D eigenvalue weighted by atomic mass is 32.1. The standard InChI is InChI=1S/C17H22N4O4S/c18-12(10-26)8-19-14-7-6-13(11-4-2-1-3-5-11)20-16(14)25-21-15(9-22)17(23)24/h1-7,12,15,19,21-22,26H,8-10,18H2,(H,23,24)/t12?,15-/m0/s1. The van der Waals surface area contributed by atoms with Crippen molar-refractivity contribution in [1.29, 1.82) is 0 Å². The molecule has 2 atom stereocenters. The van der Waals surface area contributed by atoms with Crippen LogP contribution in [0.1, 0.15) is 0 Å². The molecule has 0 aliphatic carbocycles. The van der Waals surface area contributed by atoms with E-state index in [-0.39, 0.29) is 11.9 Å². The molecule has 1 aromatic carbocycles. The molecule has 0 saturated carbocycles. The lowest BCUT2D eigenvalue weighted by molar-refractivity contribution is -0.143. The van der Waals surface area contributed by atoms with E-state index >= 15 is 0 Å². The number of nitrogens with one attached hydrogen (secondary N) is 2. The maximum absolute atomic E-state index is 11.0. The summed E-state index contributed by atoms with van der Waals surface area (Å²) in [4.78, 5) is 20.8. The van der Waals surface area contributed by atoms with Crippen LogP contribution in [0.5, 0.6) is 5.88 Å². The predicted octanol–water partition coefficient (Wildman–Crippen LogP) is 0.746. The molecule has 1 heterocycles. The van der Waals surface area contributed by atoms with Gasteiger partial charge in [0.1, 0.15) is 0 Å². The largest absolute Gasteiger partial charge is 0.480 e. The molecule has 0 radical (unpaired) electrons. The van der Waals surface area contributed by atoms with E-state index in [0.717, 1.165) is 5.56 Å². The maximum atomic E-state index is 11.0. The number of thiol groups is 1. The van der Waals surface area contributed by atoms with E-state index in [9.17, 15) is 4.79 Å². The van der Waals surface area contributed by atoms with Crippen LogP contribution in [0.15, 0.2) is 42.5 Å². The molecule has 0 fully saturated rings. The fourth-order valence-electron chi connectivity index (χ4n) is 2.02. The van der Waals surface area contributed by atoms with Gasteiger partial charge >= 0.3 is 5.97 Å². The van der Waals surface area contributed by atoms with Gasteiger partial charge in [-0.15, -0.1) is 5.48 Å². The van der Waals surface area contributed by atoms with Gasteiger partial charge in [-0.3, -0.25) is 4.79 Å². The number of nitrogens with two attached hydrogens (primary N) is 1. The zero-order valence-electron chi connectivity index (χ0n) is 14.0. The second-order valence-electron chi connectivity index (χ2n) is 5.53. The Kier molecular flexibility index (Phi) is 7.67. The Labute approximate surface area is 156 Å². The van der Waals surface area contributed by atoms with Gasteiger partial charge in [0.25, 0.3) is 5.88 Å². The van der Waals surface area contributed by atoms with Gasteiger partial charge in [-0.2, -0.15) is 12.6 Å². The summed E-state index contributed by atoms with van der Waals surface area (Å²) in [5.41, 5.74) is 10.2. The van der Waals surface area contributed by atoms with E-state index in [1.165, 1.54) is 0 Å². The lowest BCUT2D eigenvalue weighted by Gasteiger charge is -2.17. The van der Waals surface area contributed by atoms with Crippen molar-refractivity contribution in [3.63, 3.8) is 0 Å². The molecule has 0 bridgehead atoms. The summed E-state index contributed by atoms with van der Waals surface area (Å²) in [7, 11) is 0. The number of aliphatic carboxylic acids is 1. The number of anilines is 1. The molecule has 6 N–H and O–H groups in total. The zero-order chi connectivity index (χ0) is 18.9. The number of carboxylic acids is 1. The van der Waals surface area contributed by atoms with Crippen LogP contribution >= 0.6 is 12.6 Å². The third-order valence-electron chi connectivity index (χ3n) is 3.50. The second-order valence-corrected chi connectivity index (χ2v) is 5.90. The summed E-state index contributed by atoms with van der Waals surface area (Å²) in [6.45, 7) is -0.185. The van der Waals surface area contributed by atoms with Gasteiger partial charge in [0.05, 0.1) is 18.0 Å². The van der Waals surface area contributed by atoms with E-state index in [2.05, 4.69) is 28.4 Å². The number of hydrogen-bond acceptors (Lipinski definition) is 8. The lowest BCUT2D eigenvalue weighted by Crippen LogP contribution is -2.42. The van der Waals surface area contributed by atoms with Crippen molar-refractivity contribution in [2.24, 2.45) is 5.73 Å². The van der Waals surface area contributed by atoms with E-state index in [1.54, 1.807) is 6.07 Å². The minimum Gasteiger partial charge on any atom is -0.480 e. The second kappa shape index (κ2) is 9.97. The lowest BCUT2D eigenvalue weighted by atomic mass is 10.1. The summed E-state index contributed by atoms with van der Waals surface area (Å²) in [6.07, 6.45) is 0. The van der Waals surface area contributed by atoms with E-state index in [4.69, 9.17) is 20.8 Å². The fourth-order valence-corrected chi connectivity index (χ4v) is 2.15. The number of carbonyl (C=O) groups is 1. The van der Waals surface area contributed by atoms with Crippen molar-refractivity contribution in [2.75, 3.05) is 24.2 Å². The van der Waals surface area contributed by atoms with Crippen molar-refractivity contribution in [2.45, 2.75) is 12.1 Å². The molecule has 8 nitrogen and oxygen atoms in total. The molecule has 1 unspecified atom stereocenters. The molecule has 2 aromatic rings. The number of rotatable bonds is 10. The third-order valence-corrected chi connectivity index (χ3v) is 3.97. The molecular weight excluding hydrogens is 356 g/mol. The summed E-state index contributed by atoms with van der Waals surface area (Å²) in [6, 6.07) is 11.6. The van der Waals surface area contributed by atoms with E-state index in [1.807, 2.05) is 36.4 Å². The number of benzene rings is 1. The van der Waals surface area contributed by atoms with Crippen LogP contribution in [0.3, 0.4) is 0 Å². The fraction of sp³-hybridized carbons (Fsp3) is 0.294. The van der Waals surface area contributed by atoms with Gasteiger partial charge in [-0.25, -0.2) is 4.98 Å². The summed E-state index contributed by atoms with van der Waals surface area (Å²) in [5.74, 6) is -0.585. The Hall–Kier alpha value is -2.33. The highest BCUT2D eigenvalue weighted by Gasteiger charge is 2.18. The number of carboxylic acid groups (broad SMARTS) is 1. The number of pyridine rings is 1. The Morgan fingerprint density at radius 3 is 2.62 bits per heavy atom. The quantitative estimate of drug-likeness (QED) is 0.264. The van der Waals surface area contributed by atoms with Gasteiger partial charge in [0.2, 0.25) is 0 Å². The number of hydrogen-bond donors (Lipinski definition) is 6. The van der Waals surface area contributed by atoms with Crippen molar-refractivity contribution in [3.8, 4) is 17.1 Å². The molecule has 0 spiro atoms. The van der Waals surface area contributed by atoms with Gasteiger partial charge in [0.15, 0.2) is 6.04 Å². The smallest absolute Gasteiger partial charge is 0.326 e. The van der Waals surface area contributed by atoms with Gasteiger partial charge in [-0.05, 0) is 12.1 Å². The summed E-state index contributed by atoms with van der Waals surface area (Å²) in [5, 5.41) is 21.2. The Morgan fingerprint density at radius 1 is 1.27 bits per heavy atom. The van der Waals surface area contributed by atoms with Crippen LogP contribution in [0, 0.1) is 0 Å². The first-order chi connectivity index (χ1) is 12.5. The molecule has 0 amide bonds. The monoisotopic (exact) mass is 378 g/mol. The first-order valence-electron chi connectivity index (χ1n) is 7.98. The van der Waals surface area contributed by atoms with E-state index < -0.39 is 18.6 Å². The van der Waals surface area contributed by atoms with E-state index in [0.29, 0.717) is 23.7 Å². The number of aliphatic hydroxyl groups is 1. The van der Waals surface area contributed by atoms with Crippen molar-refractivity contribution in [1.82, 2.24) is 10.5 Å². The SMILES string of the molecule is NC(CS)CNc1ccc(-c2ccccc2)nc1ON[C@@H](CO)C(=O)O. The predicted molar refractivity (Wildman–Crippen MR) is 102 cm³/mol. The zero-order valence-corrected chi connectivity index (χ0v) is 14.9. The normalized spacial score (nSPS) is 13.0. The van der Waals surface area contributed by atoms with Crippen molar-refractivity contribution < 1.29 is 19.8 Å². The van der Waals surface area contributed by atoms with Crippen LogP contribution < -0.4 is 21.4 Å². The molecule has 0 saturated heterocycles. The Morgan fingerprint density at radius 2 is 2.00 bits per heavy atom. The maximum Gasteiger partial charge on any atom is 0.326 e. The minimum atomic E-state index is -1.27. The summed E-state index contributed by atoms with van der Waals surface area (Å²) < 4.78 is 0. The highest BCUT2D eigenvalue weighted by molar-refractivity contribution is 7.80.